The van der Waals surface area contributed by atoms with Gasteiger partial charge in [0.1, 0.15) is 0 Å². The molecule has 0 aromatic heterocycles. The standard InChI is InChI=1S/C10H19P/c1-11-8-4-7-10(11)9-5-2-3-6-9/h9-10H,2-8H2,1H3/t10-,11+/m1/s1. The molecule has 1 saturated carbocycles. The lowest BCUT2D eigenvalue weighted by atomic mass is 10.0. The minimum atomic E-state index is 0.461. The molecule has 1 aliphatic heterocycles. The average molecular weight is 170 g/mol. The Morgan fingerprint density at radius 1 is 1.00 bits per heavy atom. The second kappa shape index (κ2) is 3.44. The van der Waals surface area contributed by atoms with Gasteiger partial charge in [-0.25, -0.2) is 0 Å². The second-order valence-corrected chi connectivity index (χ2v) is 6.86. The van der Waals surface area contributed by atoms with Crippen LogP contribution in [0.3, 0.4) is 0 Å². The van der Waals surface area contributed by atoms with Gasteiger partial charge in [0.25, 0.3) is 0 Å². The molecule has 2 fully saturated rings. The lowest BCUT2D eigenvalue weighted by molar-refractivity contribution is 0.505. The summed E-state index contributed by atoms with van der Waals surface area (Å²) in [5.41, 5.74) is 1.19. The summed E-state index contributed by atoms with van der Waals surface area (Å²) >= 11 is 0. The molecule has 0 spiro atoms. The summed E-state index contributed by atoms with van der Waals surface area (Å²) in [6.07, 6.45) is 10.9. The highest BCUT2D eigenvalue weighted by atomic mass is 31.1. The van der Waals surface area contributed by atoms with Crippen molar-refractivity contribution in [3.8, 4) is 0 Å². The van der Waals surface area contributed by atoms with Crippen LogP contribution in [0.5, 0.6) is 0 Å². The zero-order chi connectivity index (χ0) is 7.68. The lowest BCUT2D eigenvalue weighted by Crippen LogP contribution is -2.11. The van der Waals surface area contributed by atoms with Gasteiger partial charge in [0, 0.05) is 0 Å². The third kappa shape index (κ3) is 1.61. The molecule has 1 aliphatic carbocycles. The Kier molecular flexibility index (Phi) is 2.51. The Bertz CT molecular complexity index is 127. The van der Waals surface area contributed by atoms with E-state index in [9.17, 15) is 0 Å². The fourth-order valence-electron chi connectivity index (χ4n) is 2.87. The molecular weight excluding hydrogens is 151 g/mol. The summed E-state index contributed by atoms with van der Waals surface area (Å²) < 4.78 is 0. The first-order valence-corrected chi connectivity index (χ1v) is 7.12. The van der Waals surface area contributed by atoms with Gasteiger partial charge in [-0.3, -0.25) is 0 Å². The van der Waals surface area contributed by atoms with E-state index >= 15 is 0 Å². The third-order valence-electron chi connectivity index (χ3n) is 3.52. The van der Waals surface area contributed by atoms with Crippen molar-refractivity contribution in [2.24, 2.45) is 5.92 Å². The zero-order valence-corrected chi connectivity index (χ0v) is 8.45. The van der Waals surface area contributed by atoms with Gasteiger partial charge in [0.15, 0.2) is 0 Å². The van der Waals surface area contributed by atoms with Crippen LogP contribution in [-0.4, -0.2) is 18.5 Å². The average Bonchev–Trinajstić information content (AvgIpc) is 2.55. The summed E-state index contributed by atoms with van der Waals surface area (Å²) in [5, 5.41) is 0. The van der Waals surface area contributed by atoms with Gasteiger partial charge in [-0.2, -0.15) is 0 Å². The monoisotopic (exact) mass is 170 g/mol. The molecule has 0 bridgehead atoms. The quantitative estimate of drug-likeness (QED) is 0.529. The molecule has 0 nitrogen and oxygen atoms in total. The van der Waals surface area contributed by atoms with Crippen molar-refractivity contribution in [1.82, 2.24) is 0 Å². The predicted octanol–water partition coefficient (Wildman–Crippen LogP) is 3.45. The first kappa shape index (κ1) is 8.05. The van der Waals surface area contributed by atoms with E-state index in [0.29, 0.717) is 7.92 Å². The summed E-state index contributed by atoms with van der Waals surface area (Å²) in [5.74, 6) is 1.16. The predicted molar refractivity (Wildman–Crippen MR) is 52.7 cm³/mol. The Morgan fingerprint density at radius 2 is 1.73 bits per heavy atom. The second-order valence-electron chi connectivity index (χ2n) is 4.23. The van der Waals surface area contributed by atoms with Gasteiger partial charge in [0.2, 0.25) is 0 Å². The molecule has 0 N–H and O–H groups in total. The Hall–Kier alpha value is 0.430. The first-order valence-electron chi connectivity index (χ1n) is 5.08. The van der Waals surface area contributed by atoms with Crippen LogP contribution in [0.25, 0.3) is 0 Å². The van der Waals surface area contributed by atoms with Crippen LogP contribution < -0.4 is 0 Å². The Balaban J connectivity index is 1.92. The van der Waals surface area contributed by atoms with Crippen LogP contribution in [0.15, 0.2) is 0 Å². The maximum absolute atomic E-state index is 2.53. The van der Waals surface area contributed by atoms with E-state index < -0.39 is 0 Å². The summed E-state index contributed by atoms with van der Waals surface area (Å²) in [7, 11) is 0.461. The number of hydrogen-bond acceptors (Lipinski definition) is 0. The van der Waals surface area contributed by atoms with Crippen molar-refractivity contribution in [2.75, 3.05) is 12.8 Å². The van der Waals surface area contributed by atoms with Crippen LogP contribution in [0, 0.1) is 5.92 Å². The van der Waals surface area contributed by atoms with Crippen LogP contribution in [0.2, 0.25) is 0 Å². The summed E-state index contributed by atoms with van der Waals surface area (Å²) in [6.45, 7) is 2.53. The van der Waals surface area contributed by atoms with E-state index in [-0.39, 0.29) is 0 Å². The fraction of sp³-hybridized carbons (Fsp3) is 1.00. The molecule has 0 aromatic rings. The van der Waals surface area contributed by atoms with E-state index in [1.54, 1.807) is 31.8 Å². The normalized spacial score (nSPS) is 40.1. The molecule has 11 heavy (non-hydrogen) atoms. The zero-order valence-electron chi connectivity index (χ0n) is 7.55. The fourth-order valence-corrected chi connectivity index (χ4v) is 5.53. The van der Waals surface area contributed by atoms with E-state index in [0.717, 1.165) is 5.92 Å². The minimum Gasteiger partial charge on any atom is -0.106 e. The largest absolute Gasteiger partial charge is 0.106 e. The van der Waals surface area contributed by atoms with E-state index in [1.807, 2.05) is 0 Å². The SMILES string of the molecule is C[P@@]1CCC[C@@H]1C1CCCC1. The number of hydrogen-bond donors (Lipinski definition) is 0. The molecule has 0 unspecified atom stereocenters. The van der Waals surface area contributed by atoms with Gasteiger partial charge >= 0.3 is 0 Å². The molecule has 64 valence electrons. The van der Waals surface area contributed by atoms with Crippen molar-refractivity contribution in [2.45, 2.75) is 44.2 Å². The van der Waals surface area contributed by atoms with Crippen molar-refractivity contribution < 1.29 is 0 Å². The van der Waals surface area contributed by atoms with E-state index in [1.165, 1.54) is 18.5 Å². The summed E-state index contributed by atoms with van der Waals surface area (Å²) in [6, 6.07) is 0. The third-order valence-corrected chi connectivity index (χ3v) is 6.35. The van der Waals surface area contributed by atoms with E-state index in [2.05, 4.69) is 6.66 Å². The van der Waals surface area contributed by atoms with Crippen LogP contribution >= 0.6 is 7.92 Å². The Labute approximate surface area is 71.5 Å². The molecule has 0 aromatic carbocycles. The van der Waals surface area contributed by atoms with Crippen LogP contribution in [-0.2, 0) is 0 Å². The van der Waals surface area contributed by atoms with Crippen molar-refractivity contribution in [3.63, 3.8) is 0 Å². The van der Waals surface area contributed by atoms with Crippen LogP contribution in [0.4, 0.5) is 0 Å². The van der Waals surface area contributed by atoms with Gasteiger partial charge in [-0.1, -0.05) is 12.8 Å². The molecule has 1 saturated heterocycles. The van der Waals surface area contributed by atoms with Gasteiger partial charge in [0.05, 0.1) is 0 Å². The van der Waals surface area contributed by atoms with Crippen molar-refractivity contribution >= 4 is 7.92 Å². The molecule has 2 rings (SSSR count). The van der Waals surface area contributed by atoms with Gasteiger partial charge < -0.3 is 0 Å². The van der Waals surface area contributed by atoms with Gasteiger partial charge in [-0.05, 0) is 50.1 Å². The highest BCUT2D eigenvalue weighted by Gasteiger charge is 2.31. The highest BCUT2D eigenvalue weighted by molar-refractivity contribution is 7.57. The minimum absolute atomic E-state index is 0.461. The highest BCUT2D eigenvalue weighted by Crippen LogP contribution is 2.53. The lowest BCUT2D eigenvalue weighted by Gasteiger charge is -2.22. The molecular formula is C10H19P. The molecule has 0 amide bonds. The Morgan fingerprint density at radius 3 is 2.27 bits per heavy atom. The maximum atomic E-state index is 2.53. The van der Waals surface area contributed by atoms with E-state index in [4.69, 9.17) is 0 Å². The first-order chi connectivity index (χ1) is 5.38. The van der Waals surface area contributed by atoms with Crippen molar-refractivity contribution in [1.29, 1.82) is 0 Å². The smallest absolute Gasteiger partial charge is 0.0183 e. The summed E-state index contributed by atoms with van der Waals surface area (Å²) in [4.78, 5) is 0. The molecule has 1 heterocycles. The molecule has 2 atom stereocenters. The number of rotatable bonds is 1. The van der Waals surface area contributed by atoms with Crippen molar-refractivity contribution in [3.05, 3.63) is 0 Å². The topological polar surface area (TPSA) is 0 Å². The molecule has 0 radical (unpaired) electrons. The van der Waals surface area contributed by atoms with Gasteiger partial charge in [-0.15, -0.1) is 7.92 Å². The molecule has 2 aliphatic rings. The maximum Gasteiger partial charge on any atom is -0.0183 e. The molecule has 1 heteroatoms. The van der Waals surface area contributed by atoms with Crippen LogP contribution in [0.1, 0.15) is 38.5 Å².